The Morgan fingerprint density at radius 1 is 1.23 bits per heavy atom. The monoisotopic (exact) mass is 410 g/mol. The third-order valence-corrected chi connectivity index (χ3v) is 7.52. The topological polar surface area (TPSA) is 134 Å². The van der Waals surface area contributed by atoms with E-state index in [0.29, 0.717) is 24.8 Å². The molecule has 0 aromatic carbocycles. The van der Waals surface area contributed by atoms with Crippen LogP contribution < -0.4 is 11.1 Å². The Kier molecular flexibility index (Phi) is 4.53. The first-order chi connectivity index (χ1) is 14.5. The zero-order chi connectivity index (χ0) is 20.9. The standard InChI is InChI=1S/C21H26N6O3/c22-10-15-1-2-17(26-25-15)24-16-3-4-27(11-16)20(29)30-18-13-5-12-6-14(18)9-21(7-12,8-13)19(23)28/h1-2,12-14,16,18H,3-9,11H2,(H2,23,28)(H,24,26)/t12?,13-,14?,16+,18?,21?/m0/s1. The summed E-state index contributed by atoms with van der Waals surface area (Å²) in [4.78, 5) is 26.7. The normalized spacial score (nSPS) is 36.4. The fourth-order valence-corrected chi connectivity index (χ4v) is 6.38. The molecule has 9 heteroatoms. The number of nitriles is 1. The van der Waals surface area contributed by atoms with E-state index in [-0.39, 0.29) is 47.1 Å². The van der Waals surface area contributed by atoms with E-state index in [1.54, 1.807) is 17.0 Å². The van der Waals surface area contributed by atoms with Gasteiger partial charge in [0.05, 0.1) is 5.41 Å². The number of anilines is 1. The van der Waals surface area contributed by atoms with E-state index in [9.17, 15) is 9.59 Å². The van der Waals surface area contributed by atoms with Gasteiger partial charge in [0.1, 0.15) is 18.0 Å². The second-order valence-corrected chi connectivity index (χ2v) is 9.45. The van der Waals surface area contributed by atoms with E-state index in [1.165, 1.54) is 0 Å². The lowest BCUT2D eigenvalue weighted by Gasteiger charge is -2.58. The molecule has 4 aliphatic carbocycles. The average Bonchev–Trinajstić information content (AvgIpc) is 3.19. The second-order valence-electron chi connectivity index (χ2n) is 9.45. The van der Waals surface area contributed by atoms with E-state index in [0.717, 1.165) is 38.5 Å². The number of primary amides is 1. The lowest BCUT2D eigenvalue weighted by Crippen LogP contribution is -2.59. The Morgan fingerprint density at radius 3 is 2.63 bits per heavy atom. The van der Waals surface area contributed by atoms with Crippen LogP contribution in [0.1, 0.15) is 44.2 Å². The number of hydrogen-bond acceptors (Lipinski definition) is 7. The molecule has 6 rings (SSSR count). The predicted molar refractivity (Wildman–Crippen MR) is 106 cm³/mol. The van der Waals surface area contributed by atoms with Crippen LogP contribution in [0.3, 0.4) is 0 Å². The van der Waals surface area contributed by atoms with Crippen LogP contribution in [-0.2, 0) is 9.53 Å². The molecule has 4 bridgehead atoms. The fourth-order valence-electron chi connectivity index (χ4n) is 6.38. The van der Waals surface area contributed by atoms with Crippen LogP contribution in [0, 0.1) is 34.5 Å². The molecule has 0 radical (unpaired) electrons. The van der Waals surface area contributed by atoms with Gasteiger partial charge in [0, 0.05) is 19.1 Å². The molecule has 4 saturated carbocycles. The van der Waals surface area contributed by atoms with E-state index < -0.39 is 0 Å². The number of carbonyl (C=O) groups is 2. The van der Waals surface area contributed by atoms with Crippen LogP contribution in [-0.4, -0.2) is 52.3 Å². The quantitative estimate of drug-likeness (QED) is 0.770. The summed E-state index contributed by atoms with van der Waals surface area (Å²) >= 11 is 0. The minimum absolute atomic E-state index is 0.0661. The molecular weight excluding hydrogens is 384 g/mol. The largest absolute Gasteiger partial charge is 0.446 e. The zero-order valence-electron chi connectivity index (χ0n) is 16.8. The third-order valence-electron chi connectivity index (χ3n) is 7.52. The summed E-state index contributed by atoms with van der Waals surface area (Å²) in [5, 5.41) is 19.9. The molecule has 1 aromatic heterocycles. The van der Waals surface area contributed by atoms with E-state index in [2.05, 4.69) is 15.5 Å². The smallest absolute Gasteiger partial charge is 0.410 e. The molecule has 9 nitrogen and oxygen atoms in total. The van der Waals surface area contributed by atoms with Gasteiger partial charge < -0.3 is 20.7 Å². The fraction of sp³-hybridized carbons (Fsp3) is 0.667. The minimum atomic E-state index is -0.371. The second kappa shape index (κ2) is 7.11. The SMILES string of the molecule is N#Cc1ccc(N[C@@H]2CCN(C(=O)OC3C4CC5C[C@H]3CC(C(N)=O)(C5)C4)C2)nn1. The molecular formula is C21H26N6O3. The average molecular weight is 410 g/mol. The highest BCUT2D eigenvalue weighted by atomic mass is 16.6. The maximum atomic E-state index is 12.9. The van der Waals surface area contributed by atoms with Crippen LogP contribution in [0.2, 0.25) is 0 Å². The summed E-state index contributed by atoms with van der Waals surface area (Å²) in [5.74, 6) is 1.45. The van der Waals surface area contributed by atoms with Gasteiger partial charge in [0.2, 0.25) is 5.91 Å². The third kappa shape index (κ3) is 3.24. The van der Waals surface area contributed by atoms with Gasteiger partial charge >= 0.3 is 6.09 Å². The van der Waals surface area contributed by atoms with Crippen LogP contribution in [0.5, 0.6) is 0 Å². The number of nitrogens with two attached hydrogens (primary N) is 1. The van der Waals surface area contributed by atoms with Crippen molar-refractivity contribution in [3.05, 3.63) is 17.8 Å². The Balaban J connectivity index is 1.18. The highest BCUT2D eigenvalue weighted by molar-refractivity contribution is 5.81. The number of likely N-dealkylation sites (tertiary alicyclic amines) is 1. The molecule has 5 fully saturated rings. The molecule has 30 heavy (non-hydrogen) atoms. The minimum Gasteiger partial charge on any atom is -0.446 e. The number of hydrogen-bond donors (Lipinski definition) is 2. The molecule has 1 aromatic rings. The number of amides is 2. The van der Waals surface area contributed by atoms with Crippen molar-refractivity contribution in [2.75, 3.05) is 18.4 Å². The summed E-state index contributed by atoms with van der Waals surface area (Å²) in [6.45, 7) is 1.16. The molecule has 1 saturated heterocycles. The molecule has 5 aliphatic rings. The van der Waals surface area contributed by atoms with Gasteiger partial charge in [-0.25, -0.2) is 4.79 Å². The van der Waals surface area contributed by atoms with E-state index in [4.69, 9.17) is 15.7 Å². The highest BCUT2D eigenvalue weighted by Gasteiger charge is 2.59. The molecule has 1 aliphatic heterocycles. The number of rotatable bonds is 4. The summed E-state index contributed by atoms with van der Waals surface area (Å²) in [6, 6.07) is 5.34. The summed E-state index contributed by atoms with van der Waals surface area (Å²) < 4.78 is 6.01. The maximum absolute atomic E-state index is 12.9. The van der Waals surface area contributed by atoms with Gasteiger partial charge in [0.15, 0.2) is 5.69 Å². The summed E-state index contributed by atoms with van der Waals surface area (Å²) in [5.41, 5.74) is 5.64. The van der Waals surface area contributed by atoms with Gasteiger partial charge in [-0.15, -0.1) is 10.2 Å². The Hall–Kier alpha value is -2.89. The van der Waals surface area contributed by atoms with Crippen LogP contribution in [0.15, 0.2) is 12.1 Å². The molecule has 2 amide bonds. The van der Waals surface area contributed by atoms with Gasteiger partial charge in [-0.3, -0.25) is 4.79 Å². The van der Waals surface area contributed by atoms with Crippen molar-refractivity contribution < 1.29 is 14.3 Å². The van der Waals surface area contributed by atoms with Crippen LogP contribution in [0.25, 0.3) is 0 Å². The number of aromatic nitrogens is 2. The van der Waals surface area contributed by atoms with Gasteiger partial charge in [-0.2, -0.15) is 5.26 Å². The highest BCUT2D eigenvalue weighted by Crippen LogP contribution is 2.60. The van der Waals surface area contributed by atoms with Crippen molar-refractivity contribution in [2.45, 2.75) is 50.7 Å². The summed E-state index contributed by atoms with van der Waals surface area (Å²) in [7, 11) is 0. The first-order valence-electron chi connectivity index (χ1n) is 10.7. The van der Waals surface area contributed by atoms with Crippen molar-refractivity contribution in [1.29, 1.82) is 5.26 Å². The molecule has 4 unspecified atom stereocenters. The number of ether oxygens (including phenoxy) is 1. The van der Waals surface area contributed by atoms with Gasteiger partial charge in [-0.05, 0) is 68.4 Å². The summed E-state index contributed by atoms with van der Waals surface area (Å²) in [6.07, 6.45) is 4.92. The maximum Gasteiger partial charge on any atom is 0.410 e. The van der Waals surface area contributed by atoms with Gasteiger partial charge in [0.25, 0.3) is 0 Å². The van der Waals surface area contributed by atoms with Crippen LogP contribution >= 0.6 is 0 Å². The molecule has 0 spiro atoms. The van der Waals surface area contributed by atoms with Crippen molar-refractivity contribution in [3.8, 4) is 6.07 Å². The lowest BCUT2D eigenvalue weighted by atomic mass is 9.48. The van der Waals surface area contributed by atoms with E-state index >= 15 is 0 Å². The first kappa shape index (κ1) is 19.1. The Bertz CT molecular complexity index is 881. The Labute approximate surface area is 174 Å². The molecule has 3 N–H and O–H groups in total. The lowest BCUT2D eigenvalue weighted by molar-refractivity contribution is -0.161. The first-order valence-corrected chi connectivity index (χ1v) is 10.7. The molecule has 2 heterocycles. The predicted octanol–water partition coefficient (Wildman–Crippen LogP) is 1.65. The number of nitrogens with one attached hydrogen (secondary N) is 1. The molecule has 6 atom stereocenters. The Morgan fingerprint density at radius 2 is 2.00 bits per heavy atom. The van der Waals surface area contributed by atoms with Crippen LogP contribution in [0.4, 0.5) is 10.6 Å². The molecule has 158 valence electrons. The zero-order valence-corrected chi connectivity index (χ0v) is 16.8. The van der Waals surface area contributed by atoms with Crippen molar-refractivity contribution >= 4 is 17.8 Å². The van der Waals surface area contributed by atoms with Crippen molar-refractivity contribution in [1.82, 2.24) is 15.1 Å². The van der Waals surface area contributed by atoms with Crippen molar-refractivity contribution in [2.24, 2.45) is 28.9 Å². The number of carbonyl (C=O) groups excluding carboxylic acids is 2. The number of nitrogens with zero attached hydrogens (tertiary/aromatic N) is 4. The van der Waals surface area contributed by atoms with Crippen molar-refractivity contribution in [3.63, 3.8) is 0 Å². The van der Waals surface area contributed by atoms with E-state index in [1.807, 2.05) is 6.07 Å². The van der Waals surface area contributed by atoms with Gasteiger partial charge in [-0.1, -0.05) is 0 Å².